The number of hydrogen-bond acceptors (Lipinski definition) is 5. The van der Waals surface area contributed by atoms with E-state index in [0.29, 0.717) is 25.4 Å². The van der Waals surface area contributed by atoms with Crippen LogP contribution < -0.4 is 11.0 Å². The molecule has 0 bridgehead atoms. The fraction of sp³-hybridized carbons (Fsp3) is 0.812. The molecule has 1 amide bonds. The fourth-order valence-electron chi connectivity index (χ4n) is 3.77. The Kier molecular flexibility index (Phi) is 8.59. The molecule has 2 aliphatic heterocycles. The summed E-state index contributed by atoms with van der Waals surface area (Å²) in [6.45, 7) is 4.56. The van der Waals surface area contributed by atoms with Crippen LogP contribution >= 0.6 is 24.8 Å². The van der Waals surface area contributed by atoms with Crippen LogP contribution in [0.4, 0.5) is 0 Å². The average molecular weight is 410 g/mol. The van der Waals surface area contributed by atoms with Crippen LogP contribution in [-0.4, -0.2) is 62.0 Å². The van der Waals surface area contributed by atoms with Gasteiger partial charge in [-0.15, -0.1) is 24.8 Å². The third-order valence-electron chi connectivity index (χ3n) is 5.20. The van der Waals surface area contributed by atoms with Gasteiger partial charge in [-0.05, 0) is 32.1 Å². The van der Waals surface area contributed by atoms with Gasteiger partial charge in [0.25, 0.3) is 0 Å². The fourth-order valence-corrected chi connectivity index (χ4v) is 3.77. The highest BCUT2D eigenvalue weighted by molar-refractivity contribution is 5.85. The number of aliphatic hydroxyl groups is 1. The van der Waals surface area contributed by atoms with Crippen molar-refractivity contribution in [2.75, 3.05) is 19.6 Å². The zero-order valence-corrected chi connectivity index (χ0v) is 16.9. The molecule has 2 aliphatic rings. The molecule has 0 saturated carbocycles. The van der Waals surface area contributed by atoms with Crippen LogP contribution in [0.2, 0.25) is 0 Å². The predicted octanol–water partition coefficient (Wildman–Crippen LogP) is -0.0508. The Labute approximate surface area is 165 Å². The van der Waals surface area contributed by atoms with Gasteiger partial charge in [0.1, 0.15) is 5.82 Å². The Morgan fingerprint density at radius 2 is 1.96 bits per heavy atom. The third kappa shape index (κ3) is 4.79. The van der Waals surface area contributed by atoms with Crippen molar-refractivity contribution in [2.45, 2.75) is 51.3 Å². The topological polar surface area (TPSA) is 92.4 Å². The number of β-amino-alcohol motifs (C(OH)–C–C–N with tert-alkyl or cyclic N) is 1. The highest BCUT2D eigenvalue weighted by atomic mass is 35.5. The molecule has 0 aromatic carbocycles. The predicted molar refractivity (Wildman–Crippen MR) is 103 cm³/mol. The zero-order chi connectivity index (χ0) is 17.3. The van der Waals surface area contributed by atoms with E-state index in [1.807, 2.05) is 11.8 Å². The molecule has 2 fully saturated rings. The Bertz CT molecular complexity index is 655. The molecule has 0 radical (unpaired) electrons. The second kappa shape index (κ2) is 9.73. The van der Waals surface area contributed by atoms with Crippen LogP contribution in [0.3, 0.4) is 0 Å². The monoisotopic (exact) mass is 409 g/mol. The molecule has 0 unspecified atom stereocenters. The van der Waals surface area contributed by atoms with E-state index in [9.17, 15) is 14.7 Å². The molecule has 2 N–H and O–H groups in total. The maximum absolute atomic E-state index is 12.5. The maximum atomic E-state index is 12.5. The number of hydrogen-bond donors (Lipinski definition) is 2. The number of aryl methyl sites for hydroxylation is 1. The minimum Gasteiger partial charge on any atom is -0.392 e. The van der Waals surface area contributed by atoms with E-state index in [0.717, 1.165) is 38.2 Å². The first-order valence-corrected chi connectivity index (χ1v) is 8.82. The second-order valence-electron chi connectivity index (χ2n) is 6.89. The first-order chi connectivity index (χ1) is 11.5. The van der Waals surface area contributed by atoms with Crippen molar-refractivity contribution in [3.05, 3.63) is 16.3 Å². The van der Waals surface area contributed by atoms with E-state index in [-0.39, 0.29) is 42.5 Å². The van der Waals surface area contributed by atoms with Gasteiger partial charge in [0, 0.05) is 39.6 Å². The molecule has 2 atom stereocenters. The largest absolute Gasteiger partial charge is 0.392 e. The van der Waals surface area contributed by atoms with Crippen molar-refractivity contribution in [3.63, 3.8) is 0 Å². The number of amides is 1. The van der Waals surface area contributed by atoms with Crippen LogP contribution in [0.15, 0.2) is 4.79 Å². The van der Waals surface area contributed by atoms with Crippen LogP contribution in [0.5, 0.6) is 0 Å². The minimum atomic E-state index is -0.411. The van der Waals surface area contributed by atoms with E-state index < -0.39 is 6.10 Å². The smallest absolute Gasteiger partial charge is 0.345 e. The summed E-state index contributed by atoms with van der Waals surface area (Å²) in [6, 6.07) is -0.238. The summed E-state index contributed by atoms with van der Waals surface area (Å²) < 4.78 is 3.12. The number of likely N-dealkylation sites (tertiary alicyclic amines) is 1. The van der Waals surface area contributed by atoms with Crippen molar-refractivity contribution in [1.82, 2.24) is 24.6 Å². The van der Waals surface area contributed by atoms with Gasteiger partial charge in [-0.25, -0.2) is 9.48 Å². The first-order valence-electron chi connectivity index (χ1n) is 8.82. The van der Waals surface area contributed by atoms with E-state index in [2.05, 4.69) is 10.4 Å². The number of nitrogens with one attached hydrogen (secondary N) is 1. The Balaban J connectivity index is 0.00000169. The van der Waals surface area contributed by atoms with Crippen molar-refractivity contribution >= 4 is 30.7 Å². The molecular formula is C16H29Cl2N5O3. The summed E-state index contributed by atoms with van der Waals surface area (Å²) in [6.07, 6.45) is 2.73. The Morgan fingerprint density at radius 3 is 2.50 bits per heavy atom. The number of aliphatic hydroxyl groups excluding tert-OH is 1. The van der Waals surface area contributed by atoms with Gasteiger partial charge < -0.3 is 15.3 Å². The highest BCUT2D eigenvalue weighted by Gasteiger charge is 2.33. The Hall–Kier alpha value is -1.09. The summed E-state index contributed by atoms with van der Waals surface area (Å²) in [4.78, 5) is 26.3. The van der Waals surface area contributed by atoms with E-state index in [1.165, 1.54) is 4.68 Å². The summed E-state index contributed by atoms with van der Waals surface area (Å²) >= 11 is 0. The van der Waals surface area contributed by atoms with E-state index in [4.69, 9.17) is 0 Å². The van der Waals surface area contributed by atoms with Crippen LogP contribution in [-0.2, 0) is 24.8 Å². The van der Waals surface area contributed by atoms with Gasteiger partial charge in [-0.3, -0.25) is 9.36 Å². The van der Waals surface area contributed by atoms with Gasteiger partial charge >= 0.3 is 5.69 Å². The van der Waals surface area contributed by atoms with Gasteiger partial charge in [-0.2, -0.15) is 5.10 Å². The summed E-state index contributed by atoms with van der Waals surface area (Å²) in [5.41, 5.74) is -0.0639. The van der Waals surface area contributed by atoms with Crippen molar-refractivity contribution in [1.29, 1.82) is 0 Å². The Morgan fingerprint density at radius 1 is 1.31 bits per heavy atom. The average Bonchev–Trinajstić information content (AvgIpc) is 3.12. The first kappa shape index (κ1) is 23.0. The molecule has 150 valence electrons. The van der Waals surface area contributed by atoms with Gasteiger partial charge in [0.15, 0.2) is 0 Å². The van der Waals surface area contributed by atoms with Gasteiger partial charge in [0.2, 0.25) is 5.91 Å². The highest BCUT2D eigenvalue weighted by Crippen LogP contribution is 2.22. The lowest BCUT2D eigenvalue weighted by atomic mass is 9.92. The van der Waals surface area contributed by atoms with Crippen molar-refractivity contribution in [2.24, 2.45) is 13.0 Å². The minimum absolute atomic E-state index is 0. The molecule has 3 heterocycles. The number of carbonyl (C=O) groups is 1. The number of aromatic nitrogens is 3. The van der Waals surface area contributed by atoms with Crippen LogP contribution in [0.25, 0.3) is 0 Å². The molecule has 1 aromatic heterocycles. The lowest BCUT2D eigenvalue weighted by Gasteiger charge is -2.33. The van der Waals surface area contributed by atoms with Crippen LogP contribution in [0, 0.1) is 5.92 Å². The SMILES string of the molecule is CCn1c(CC2CCN(C(=O)[C@@H]3C[C@@H](O)CN3)CC2)nn(C)c1=O.Cl.Cl. The van der Waals surface area contributed by atoms with Gasteiger partial charge in [0.05, 0.1) is 12.1 Å². The van der Waals surface area contributed by atoms with E-state index in [1.54, 1.807) is 11.6 Å². The van der Waals surface area contributed by atoms with Crippen molar-refractivity contribution < 1.29 is 9.90 Å². The number of carbonyl (C=O) groups excluding carboxylic acids is 1. The number of piperidine rings is 1. The number of rotatable bonds is 4. The number of nitrogens with zero attached hydrogens (tertiary/aromatic N) is 4. The molecule has 0 spiro atoms. The summed E-state index contributed by atoms with van der Waals surface area (Å²) in [5.74, 6) is 1.40. The quantitative estimate of drug-likeness (QED) is 0.726. The molecule has 2 saturated heterocycles. The second-order valence-corrected chi connectivity index (χ2v) is 6.89. The molecule has 1 aromatic rings. The molecule has 0 aliphatic carbocycles. The lowest BCUT2D eigenvalue weighted by molar-refractivity contribution is -0.134. The van der Waals surface area contributed by atoms with Crippen molar-refractivity contribution in [3.8, 4) is 0 Å². The van der Waals surface area contributed by atoms with Crippen LogP contribution in [0.1, 0.15) is 32.0 Å². The molecule has 10 heteroatoms. The molecular weight excluding hydrogens is 381 g/mol. The third-order valence-corrected chi connectivity index (χ3v) is 5.20. The molecule has 8 nitrogen and oxygen atoms in total. The zero-order valence-electron chi connectivity index (χ0n) is 15.3. The van der Waals surface area contributed by atoms with E-state index >= 15 is 0 Å². The summed E-state index contributed by atoms with van der Waals surface area (Å²) in [5, 5.41) is 17.0. The normalized spacial score (nSPS) is 23.4. The molecule has 26 heavy (non-hydrogen) atoms. The lowest BCUT2D eigenvalue weighted by Crippen LogP contribution is -2.47. The standard InChI is InChI=1S/C16H27N5O3.2ClH/c1-3-21-14(18-19(2)16(21)24)8-11-4-6-20(7-5-11)15(23)13-9-12(22)10-17-13;;/h11-13,17,22H,3-10H2,1-2H3;2*1H/t12-,13+;;/m1../s1. The maximum Gasteiger partial charge on any atom is 0.345 e. The molecule has 3 rings (SSSR count). The van der Waals surface area contributed by atoms with Gasteiger partial charge in [-0.1, -0.05) is 0 Å². The summed E-state index contributed by atoms with van der Waals surface area (Å²) in [7, 11) is 1.68. The number of halogens is 2.